The Hall–Kier alpha value is -2.25. The summed E-state index contributed by atoms with van der Waals surface area (Å²) in [4.78, 5) is 28.0. The first-order valence-corrected chi connectivity index (χ1v) is 10.7. The number of nitrogens with zero attached hydrogens (tertiary/aromatic N) is 2. The van der Waals surface area contributed by atoms with Crippen LogP contribution in [0.1, 0.15) is 43.7 Å². The summed E-state index contributed by atoms with van der Waals surface area (Å²) in [7, 11) is 0. The van der Waals surface area contributed by atoms with Crippen molar-refractivity contribution in [1.29, 1.82) is 0 Å². The van der Waals surface area contributed by atoms with Crippen molar-refractivity contribution >= 4 is 38.7 Å². The second kappa shape index (κ2) is 6.97. The van der Waals surface area contributed by atoms with Gasteiger partial charge < -0.3 is 4.57 Å². The van der Waals surface area contributed by atoms with Gasteiger partial charge in [-0.25, -0.2) is 4.39 Å². The molecule has 2 aliphatic rings. The number of rotatable bonds is 4. The van der Waals surface area contributed by atoms with Gasteiger partial charge in [0.1, 0.15) is 16.0 Å². The minimum absolute atomic E-state index is 0.150. The smallest absolute Gasteiger partial charge is 0.271 e. The van der Waals surface area contributed by atoms with Crippen molar-refractivity contribution in [3.8, 4) is 0 Å². The van der Waals surface area contributed by atoms with E-state index in [2.05, 4.69) is 13.8 Å². The predicted molar refractivity (Wildman–Crippen MR) is 112 cm³/mol. The van der Waals surface area contributed by atoms with E-state index < -0.39 is 5.82 Å². The highest BCUT2D eigenvalue weighted by molar-refractivity contribution is 7.12. The summed E-state index contributed by atoms with van der Waals surface area (Å²) < 4.78 is 19.5. The molecule has 3 aromatic rings. The summed E-state index contributed by atoms with van der Waals surface area (Å²) in [5.41, 5.74) is 0.439. The van der Waals surface area contributed by atoms with Crippen LogP contribution < -0.4 is 11.0 Å². The molecule has 2 aromatic heterocycles. The standard InChI is InChI=1S/C21H22FN3O2S/c22-16-12-15-17(11-13(16)5-4-10-24-8-2-1-3-9-24)25(14-6-7-14)21-18(19(15)26)20(27)23-28-21/h4-5,11-12,14H,1-3,6-10H2,(H,23,27)/b5-4+. The largest absolute Gasteiger partial charge is 0.328 e. The number of H-pyrrole nitrogens is 1. The van der Waals surface area contributed by atoms with Crippen molar-refractivity contribution in [1.82, 2.24) is 13.8 Å². The Balaban J connectivity index is 1.61. The molecule has 1 aromatic carbocycles. The van der Waals surface area contributed by atoms with Gasteiger partial charge in [-0.1, -0.05) is 18.6 Å². The molecule has 0 unspecified atom stereocenters. The first-order valence-electron chi connectivity index (χ1n) is 9.91. The fourth-order valence-electron chi connectivity index (χ4n) is 4.16. The highest BCUT2D eigenvalue weighted by Gasteiger charge is 2.29. The Morgan fingerprint density at radius 3 is 2.71 bits per heavy atom. The van der Waals surface area contributed by atoms with E-state index in [1.807, 2.05) is 12.2 Å². The SMILES string of the molecule is O=c1[nH]sc2c1c(=O)c1cc(F)c(/C=C/CN3CCCCC3)cc1n2C1CC1. The van der Waals surface area contributed by atoms with Gasteiger partial charge in [-0.3, -0.25) is 18.9 Å². The Kier molecular flexibility index (Phi) is 4.44. The zero-order valence-electron chi connectivity index (χ0n) is 15.5. The van der Waals surface area contributed by atoms with Gasteiger partial charge in [-0.2, -0.15) is 0 Å². The van der Waals surface area contributed by atoms with Crippen molar-refractivity contribution in [3.63, 3.8) is 0 Å². The fourth-order valence-corrected chi connectivity index (χ4v) is 5.09. The lowest BCUT2D eigenvalue weighted by Crippen LogP contribution is -2.29. The summed E-state index contributed by atoms with van der Waals surface area (Å²) in [6.45, 7) is 3.00. The molecule has 1 N–H and O–H groups in total. The molecule has 1 aliphatic carbocycles. The average Bonchev–Trinajstić information content (AvgIpc) is 3.46. The molecule has 28 heavy (non-hydrogen) atoms. The highest BCUT2D eigenvalue weighted by atomic mass is 32.1. The minimum atomic E-state index is -0.423. The molecule has 0 amide bonds. The summed E-state index contributed by atoms with van der Waals surface area (Å²) in [5, 5.41) is 0.436. The molecule has 7 heteroatoms. The van der Waals surface area contributed by atoms with E-state index in [-0.39, 0.29) is 27.8 Å². The van der Waals surface area contributed by atoms with Crippen molar-refractivity contribution in [2.45, 2.75) is 38.1 Å². The van der Waals surface area contributed by atoms with Crippen LogP contribution in [0, 0.1) is 5.82 Å². The van der Waals surface area contributed by atoms with Crippen LogP contribution in [-0.2, 0) is 0 Å². The van der Waals surface area contributed by atoms with E-state index in [0.29, 0.717) is 15.9 Å². The third kappa shape index (κ3) is 3.02. The summed E-state index contributed by atoms with van der Waals surface area (Å²) >= 11 is 1.19. The lowest BCUT2D eigenvalue weighted by molar-refractivity contribution is 0.252. The number of piperidine rings is 1. The van der Waals surface area contributed by atoms with Crippen molar-refractivity contribution in [2.75, 3.05) is 19.6 Å². The van der Waals surface area contributed by atoms with Crippen LogP contribution >= 0.6 is 11.5 Å². The third-order valence-corrected chi connectivity index (χ3v) is 6.65. The van der Waals surface area contributed by atoms with Gasteiger partial charge in [0.15, 0.2) is 0 Å². The van der Waals surface area contributed by atoms with Crippen LogP contribution in [0.2, 0.25) is 0 Å². The molecule has 5 rings (SSSR count). The fraction of sp³-hybridized carbons (Fsp3) is 0.429. The van der Waals surface area contributed by atoms with Gasteiger partial charge in [0.2, 0.25) is 5.43 Å². The van der Waals surface area contributed by atoms with Gasteiger partial charge in [-0.05, 0) is 62.4 Å². The van der Waals surface area contributed by atoms with Crippen molar-refractivity contribution in [3.05, 3.63) is 50.2 Å². The molecule has 3 heterocycles. The maximum Gasteiger partial charge on any atom is 0.271 e. The Labute approximate surface area is 165 Å². The monoisotopic (exact) mass is 399 g/mol. The maximum absolute atomic E-state index is 14.7. The number of fused-ring (bicyclic) bond motifs is 2. The molecule has 1 saturated heterocycles. The summed E-state index contributed by atoms with van der Waals surface area (Å²) in [5.74, 6) is -0.423. The zero-order valence-corrected chi connectivity index (χ0v) is 16.4. The topological polar surface area (TPSA) is 58.1 Å². The molecule has 0 bridgehead atoms. The second-order valence-electron chi connectivity index (χ2n) is 7.80. The Bertz CT molecular complexity index is 1200. The second-order valence-corrected chi connectivity index (χ2v) is 8.59. The normalized spacial score (nSPS) is 18.6. The van der Waals surface area contributed by atoms with Gasteiger partial charge in [-0.15, -0.1) is 0 Å². The van der Waals surface area contributed by atoms with Gasteiger partial charge in [0.05, 0.1) is 5.52 Å². The van der Waals surface area contributed by atoms with Gasteiger partial charge in [0.25, 0.3) is 5.56 Å². The Morgan fingerprint density at radius 2 is 1.96 bits per heavy atom. The summed E-state index contributed by atoms with van der Waals surface area (Å²) in [6, 6.07) is 3.33. The number of halogens is 1. The van der Waals surface area contributed by atoms with Crippen LogP contribution in [-0.4, -0.2) is 33.5 Å². The molecule has 1 saturated carbocycles. The minimum Gasteiger partial charge on any atom is -0.328 e. The van der Waals surface area contributed by atoms with Crippen molar-refractivity contribution < 1.29 is 4.39 Å². The molecular weight excluding hydrogens is 377 g/mol. The molecule has 0 spiro atoms. The van der Waals surface area contributed by atoms with Crippen LogP contribution in [0.15, 0.2) is 27.8 Å². The van der Waals surface area contributed by atoms with Crippen molar-refractivity contribution in [2.24, 2.45) is 0 Å². The lowest BCUT2D eigenvalue weighted by Gasteiger charge is -2.24. The number of likely N-dealkylation sites (tertiary alicyclic amines) is 1. The van der Waals surface area contributed by atoms with E-state index >= 15 is 0 Å². The van der Waals surface area contributed by atoms with E-state index in [4.69, 9.17) is 0 Å². The number of aromatic nitrogens is 2. The maximum atomic E-state index is 14.7. The number of aromatic amines is 1. The highest BCUT2D eigenvalue weighted by Crippen LogP contribution is 2.40. The third-order valence-electron chi connectivity index (χ3n) is 5.77. The lowest BCUT2D eigenvalue weighted by atomic mass is 10.1. The average molecular weight is 399 g/mol. The molecule has 146 valence electrons. The van der Waals surface area contributed by atoms with E-state index in [9.17, 15) is 14.0 Å². The summed E-state index contributed by atoms with van der Waals surface area (Å²) in [6.07, 6.45) is 9.57. The van der Waals surface area contributed by atoms with Crippen LogP contribution in [0.5, 0.6) is 0 Å². The quantitative estimate of drug-likeness (QED) is 0.724. The van der Waals surface area contributed by atoms with Gasteiger partial charge >= 0.3 is 0 Å². The predicted octanol–water partition coefficient (Wildman–Crippen LogP) is 3.88. The van der Waals surface area contributed by atoms with Crippen LogP contribution in [0.3, 0.4) is 0 Å². The molecule has 0 atom stereocenters. The number of benzene rings is 1. The number of nitrogens with one attached hydrogen (secondary N) is 1. The number of hydrogen-bond donors (Lipinski definition) is 1. The van der Waals surface area contributed by atoms with Crippen LogP contribution in [0.4, 0.5) is 4.39 Å². The van der Waals surface area contributed by atoms with E-state index in [1.54, 1.807) is 6.07 Å². The van der Waals surface area contributed by atoms with Gasteiger partial charge in [0, 0.05) is 23.5 Å². The van der Waals surface area contributed by atoms with E-state index in [1.165, 1.54) is 36.9 Å². The Morgan fingerprint density at radius 1 is 1.18 bits per heavy atom. The number of hydrogen-bond acceptors (Lipinski definition) is 4. The molecule has 1 aliphatic heterocycles. The van der Waals surface area contributed by atoms with Crippen LogP contribution in [0.25, 0.3) is 27.2 Å². The zero-order chi connectivity index (χ0) is 19.3. The van der Waals surface area contributed by atoms with E-state index in [0.717, 1.165) is 32.5 Å². The number of pyridine rings is 1. The molecular formula is C21H22FN3O2S. The molecule has 2 fully saturated rings. The molecule has 0 radical (unpaired) electrons. The first kappa shape index (κ1) is 17.8. The first-order chi connectivity index (χ1) is 13.6. The molecule has 5 nitrogen and oxygen atoms in total.